The second-order valence-electron chi connectivity index (χ2n) is 5.66. The number of anilines is 1. The predicted octanol–water partition coefficient (Wildman–Crippen LogP) is 2.05. The van der Waals surface area contributed by atoms with Crippen molar-refractivity contribution in [2.75, 3.05) is 45.4 Å². The van der Waals surface area contributed by atoms with Gasteiger partial charge in [0, 0.05) is 45.3 Å². The van der Waals surface area contributed by atoms with Crippen LogP contribution in [0.1, 0.15) is 23.9 Å². The van der Waals surface area contributed by atoms with E-state index in [0.717, 1.165) is 43.6 Å². The lowest BCUT2D eigenvalue weighted by Gasteiger charge is -2.36. The quantitative estimate of drug-likeness (QED) is 0.781. The molecule has 1 saturated heterocycles. The summed E-state index contributed by atoms with van der Waals surface area (Å²) in [6, 6.07) is 0. The normalized spacial score (nSPS) is 22.8. The second kappa shape index (κ2) is 8.08. The SMILES string of the molecule is COCCNCc1sc(N2CCC(C)C(OC)C2)nc1C. The summed E-state index contributed by atoms with van der Waals surface area (Å²) in [4.78, 5) is 8.42. The summed E-state index contributed by atoms with van der Waals surface area (Å²) in [5.74, 6) is 0.627. The lowest BCUT2D eigenvalue weighted by atomic mass is 9.96. The first-order valence-electron chi connectivity index (χ1n) is 7.59. The van der Waals surface area contributed by atoms with Crippen LogP contribution in [0.3, 0.4) is 0 Å². The van der Waals surface area contributed by atoms with E-state index in [1.165, 1.54) is 11.3 Å². The Kier molecular flexibility index (Phi) is 6.41. The molecule has 5 nitrogen and oxygen atoms in total. The number of piperidine rings is 1. The third-order valence-electron chi connectivity index (χ3n) is 4.11. The first-order chi connectivity index (χ1) is 10.2. The molecule has 0 aliphatic carbocycles. The number of methoxy groups -OCH3 is 2. The van der Waals surface area contributed by atoms with Crippen molar-refractivity contribution in [1.82, 2.24) is 10.3 Å². The van der Waals surface area contributed by atoms with Crippen LogP contribution in [0.25, 0.3) is 0 Å². The van der Waals surface area contributed by atoms with Crippen LogP contribution >= 0.6 is 11.3 Å². The Balaban J connectivity index is 1.94. The molecule has 21 heavy (non-hydrogen) atoms. The molecule has 2 rings (SSSR count). The standard InChI is InChI=1S/C15H27N3O2S/c1-11-5-7-18(10-13(11)20-4)15-17-12(2)14(21-15)9-16-6-8-19-3/h11,13,16H,5-10H2,1-4H3. The highest BCUT2D eigenvalue weighted by molar-refractivity contribution is 7.15. The van der Waals surface area contributed by atoms with Gasteiger partial charge in [0.1, 0.15) is 0 Å². The van der Waals surface area contributed by atoms with Crippen molar-refractivity contribution in [2.24, 2.45) is 5.92 Å². The molecule has 0 radical (unpaired) electrons. The van der Waals surface area contributed by atoms with Gasteiger partial charge >= 0.3 is 0 Å². The summed E-state index contributed by atoms with van der Waals surface area (Å²) >= 11 is 1.79. The number of hydrogen-bond acceptors (Lipinski definition) is 6. The van der Waals surface area contributed by atoms with E-state index in [9.17, 15) is 0 Å². The third-order valence-corrected chi connectivity index (χ3v) is 5.33. The molecular formula is C15H27N3O2S. The molecule has 0 bridgehead atoms. The molecule has 2 heterocycles. The minimum atomic E-state index is 0.311. The van der Waals surface area contributed by atoms with E-state index in [1.807, 2.05) is 7.11 Å². The van der Waals surface area contributed by atoms with Crippen LogP contribution in [0.2, 0.25) is 0 Å². The summed E-state index contributed by atoms with van der Waals surface area (Å²) in [5, 5.41) is 4.52. The van der Waals surface area contributed by atoms with Gasteiger partial charge in [-0.05, 0) is 19.3 Å². The molecule has 1 aromatic heterocycles. The van der Waals surface area contributed by atoms with E-state index in [-0.39, 0.29) is 0 Å². The van der Waals surface area contributed by atoms with E-state index < -0.39 is 0 Å². The Hall–Kier alpha value is -0.690. The number of thiazole rings is 1. The molecule has 120 valence electrons. The van der Waals surface area contributed by atoms with Gasteiger partial charge < -0.3 is 19.7 Å². The monoisotopic (exact) mass is 313 g/mol. The molecule has 6 heteroatoms. The minimum Gasteiger partial charge on any atom is -0.383 e. The number of nitrogens with one attached hydrogen (secondary N) is 1. The van der Waals surface area contributed by atoms with Gasteiger partial charge in [0.2, 0.25) is 0 Å². The van der Waals surface area contributed by atoms with Crippen molar-refractivity contribution in [3.63, 3.8) is 0 Å². The van der Waals surface area contributed by atoms with Crippen LogP contribution in [0.5, 0.6) is 0 Å². The number of ether oxygens (including phenoxy) is 2. The summed E-state index contributed by atoms with van der Waals surface area (Å²) in [6.45, 7) is 8.86. The fraction of sp³-hybridized carbons (Fsp3) is 0.800. The Morgan fingerprint density at radius 2 is 2.24 bits per heavy atom. The minimum absolute atomic E-state index is 0.311. The lowest BCUT2D eigenvalue weighted by Crippen LogP contribution is -2.43. The Bertz CT molecular complexity index is 439. The highest BCUT2D eigenvalue weighted by Crippen LogP contribution is 2.30. The smallest absolute Gasteiger partial charge is 0.185 e. The zero-order chi connectivity index (χ0) is 15.2. The Morgan fingerprint density at radius 1 is 1.43 bits per heavy atom. The van der Waals surface area contributed by atoms with Gasteiger partial charge in [0.15, 0.2) is 5.13 Å². The maximum Gasteiger partial charge on any atom is 0.185 e. The molecule has 1 N–H and O–H groups in total. The Morgan fingerprint density at radius 3 is 2.95 bits per heavy atom. The maximum absolute atomic E-state index is 5.59. The van der Waals surface area contributed by atoms with Gasteiger partial charge in [-0.2, -0.15) is 0 Å². The van der Waals surface area contributed by atoms with Crippen molar-refractivity contribution >= 4 is 16.5 Å². The number of aryl methyl sites for hydroxylation is 1. The van der Waals surface area contributed by atoms with Gasteiger partial charge in [-0.15, -0.1) is 11.3 Å². The second-order valence-corrected chi connectivity index (χ2v) is 6.72. The van der Waals surface area contributed by atoms with Crippen molar-refractivity contribution in [3.05, 3.63) is 10.6 Å². The predicted molar refractivity (Wildman–Crippen MR) is 87.2 cm³/mol. The molecule has 1 fully saturated rings. The van der Waals surface area contributed by atoms with E-state index in [1.54, 1.807) is 18.4 Å². The van der Waals surface area contributed by atoms with Gasteiger partial charge in [0.05, 0.1) is 18.4 Å². The lowest BCUT2D eigenvalue weighted by molar-refractivity contribution is 0.0498. The molecule has 1 aromatic rings. The largest absolute Gasteiger partial charge is 0.383 e. The first-order valence-corrected chi connectivity index (χ1v) is 8.41. The highest BCUT2D eigenvalue weighted by atomic mass is 32.1. The molecule has 0 spiro atoms. The fourth-order valence-corrected chi connectivity index (χ4v) is 3.67. The zero-order valence-electron chi connectivity index (χ0n) is 13.5. The summed E-state index contributed by atoms with van der Waals surface area (Å²) in [6.07, 6.45) is 1.48. The molecular weight excluding hydrogens is 286 g/mol. The summed E-state index contributed by atoms with van der Waals surface area (Å²) in [5.41, 5.74) is 1.13. The van der Waals surface area contributed by atoms with Crippen LogP contribution in [-0.2, 0) is 16.0 Å². The summed E-state index contributed by atoms with van der Waals surface area (Å²) in [7, 11) is 3.53. The van der Waals surface area contributed by atoms with Gasteiger partial charge in [0.25, 0.3) is 0 Å². The highest BCUT2D eigenvalue weighted by Gasteiger charge is 2.27. The van der Waals surface area contributed by atoms with E-state index in [4.69, 9.17) is 14.5 Å². The first kappa shape index (κ1) is 16.7. The van der Waals surface area contributed by atoms with Crippen molar-refractivity contribution in [3.8, 4) is 0 Å². The van der Waals surface area contributed by atoms with Gasteiger partial charge in [-0.1, -0.05) is 6.92 Å². The topological polar surface area (TPSA) is 46.6 Å². The average Bonchev–Trinajstić information content (AvgIpc) is 2.85. The molecule has 2 atom stereocenters. The van der Waals surface area contributed by atoms with Crippen molar-refractivity contribution < 1.29 is 9.47 Å². The van der Waals surface area contributed by atoms with Crippen molar-refractivity contribution in [1.29, 1.82) is 0 Å². The van der Waals surface area contributed by atoms with E-state index in [0.29, 0.717) is 12.0 Å². The number of aromatic nitrogens is 1. The molecule has 1 aliphatic rings. The maximum atomic E-state index is 5.59. The van der Waals surface area contributed by atoms with Gasteiger partial charge in [-0.25, -0.2) is 4.98 Å². The van der Waals surface area contributed by atoms with Gasteiger partial charge in [-0.3, -0.25) is 0 Å². The average molecular weight is 313 g/mol. The zero-order valence-corrected chi connectivity index (χ0v) is 14.3. The van der Waals surface area contributed by atoms with Crippen LogP contribution in [0, 0.1) is 12.8 Å². The molecule has 0 saturated carbocycles. The molecule has 1 aliphatic heterocycles. The Labute approximate surface area is 131 Å². The number of hydrogen-bond donors (Lipinski definition) is 1. The van der Waals surface area contributed by atoms with Crippen LogP contribution in [0.4, 0.5) is 5.13 Å². The molecule has 0 aromatic carbocycles. The van der Waals surface area contributed by atoms with Crippen LogP contribution < -0.4 is 10.2 Å². The molecule has 0 amide bonds. The molecule has 2 unspecified atom stereocenters. The summed E-state index contributed by atoms with van der Waals surface area (Å²) < 4.78 is 10.6. The van der Waals surface area contributed by atoms with Crippen molar-refractivity contribution in [2.45, 2.75) is 32.9 Å². The third kappa shape index (κ3) is 4.39. The van der Waals surface area contributed by atoms with Crippen LogP contribution in [-0.4, -0.2) is 51.5 Å². The fourth-order valence-electron chi connectivity index (χ4n) is 2.60. The van der Waals surface area contributed by atoms with E-state index in [2.05, 4.69) is 24.1 Å². The van der Waals surface area contributed by atoms with E-state index >= 15 is 0 Å². The van der Waals surface area contributed by atoms with Crippen LogP contribution in [0.15, 0.2) is 0 Å². The number of rotatable bonds is 7. The number of nitrogens with zero attached hydrogens (tertiary/aromatic N) is 2.